The van der Waals surface area contributed by atoms with Crippen molar-refractivity contribution in [3.63, 3.8) is 0 Å². The van der Waals surface area contributed by atoms with Gasteiger partial charge < -0.3 is 4.42 Å². The van der Waals surface area contributed by atoms with Crippen LogP contribution in [-0.4, -0.2) is 9.97 Å². The molecule has 3 nitrogen and oxygen atoms in total. The van der Waals surface area contributed by atoms with Crippen LogP contribution in [0.15, 0.2) is 126 Å². The number of rotatable bonds is 2. The topological polar surface area (TPSA) is 38.9 Å². The summed E-state index contributed by atoms with van der Waals surface area (Å²) in [6.07, 6.45) is 0. The summed E-state index contributed by atoms with van der Waals surface area (Å²) in [5, 5.41) is 7.05. The Kier molecular flexibility index (Phi) is 4.48. The van der Waals surface area contributed by atoms with E-state index in [1.807, 2.05) is 41.7 Å². The van der Waals surface area contributed by atoms with E-state index in [-0.39, 0.29) is 0 Å². The molecule has 0 radical (unpaired) electrons. The van der Waals surface area contributed by atoms with Gasteiger partial charge in [-0.15, -0.1) is 11.3 Å². The third-order valence-corrected chi connectivity index (χ3v) is 8.96. The molecule has 3 aromatic heterocycles. The highest BCUT2D eigenvalue weighted by atomic mass is 32.1. The highest BCUT2D eigenvalue weighted by molar-refractivity contribution is 7.26. The Morgan fingerprint density at radius 2 is 1.18 bits per heavy atom. The third kappa shape index (κ3) is 3.11. The monoisotopic (exact) mass is 528 g/mol. The van der Waals surface area contributed by atoms with E-state index in [0.29, 0.717) is 0 Å². The summed E-state index contributed by atoms with van der Waals surface area (Å²) in [5.74, 6) is 0. The van der Waals surface area contributed by atoms with Crippen LogP contribution in [0.5, 0.6) is 0 Å². The molecule has 0 aliphatic heterocycles. The molecular weight excluding hydrogens is 508 g/mol. The summed E-state index contributed by atoms with van der Waals surface area (Å²) in [7, 11) is 0. The fourth-order valence-electron chi connectivity index (χ4n) is 6.05. The first-order valence-electron chi connectivity index (χ1n) is 13.3. The molecule has 0 saturated carbocycles. The minimum absolute atomic E-state index is 0.872. The number of hydrogen-bond donors (Lipinski definition) is 0. The summed E-state index contributed by atoms with van der Waals surface area (Å²) < 4.78 is 8.68. The van der Waals surface area contributed by atoms with Crippen LogP contribution in [-0.2, 0) is 0 Å². The number of nitrogens with zero attached hydrogens (tertiary/aromatic N) is 2. The maximum absolute atomic E-state index is 6.15. The van der Waals surface area contributed by atoms with Crippen LogP contribution >= 0.6 is 11.3 Å². The lowest BCUT2D eigenvalue weighted by Crippen LogP contribution is -1.97. The number of hydrogen-bond acceptors (Lipinski definition) is 4. The molecule has 6 aromatic carbocycles. The standard InChI is InChI=1S/C36H20N2OS/c1-2-10-23-21(9-1)20-32-33(25-12-4-8-16-31(25)40-32)34(23)36-35(37-27-13-5-6-14-28(27)38-36)22-17-18-30-26(19-22)24-11-3-7-15-29(24)39-30/h1-20H. The van der Waals surface area contributed by atoms with Crippen molar-refractivity contribution in [1.82, 2.24) is 9.97 Å². The van der Waals surface area contributed by atoms with Crippen molar-refractivity contribution in [2.75, 3.05) is 0 Å². The zero-order valence-corrected chi connectivity index (χ0v) is 22.1. The number of furan rings is 1. The Labute approximate surface area is 233 Å². The van der Waals surface area contributed by atoms with Crippen molar-refractivity contribution >= 4 is 75.3 Å². The summed E-state index contributed by atoms with van der Waals surface area (Å²) in [5.41, 5.74) is 7.46. The van der Waals surface area contributed by atoms with Gasteiger partial charge in [-0.25, -0.2) is 9.97 Å². The van der Waals surface area contributed by atoms with E-state index >= 15 is 0 Å². The van der Waals surface area contributed by atoms with E-state index in [1.165, 1.54) is 30.9 Å². The van der Waals surface area contributed by atoms with Crippen molar-refractivity contribution in [1.29, 1.82) is 0 Å². The average Bonchev–Trinajstić information content (AvgIpc) is 3.57. The van der Waals surface area contributed by atoms with Gasteiger partial charge in [-0.1, -0.05) is 72.8 Å². The third-order valence-electron chi connectivity index (χ3n) is 7.85. The van der Waals surface area contributed by atoms with Crippen LogP contribution in [0, 0.1) is 0 Å². The van der Waals surface area contributed by atoms with E-state index < -0.39 is 0 Å². The number of aromatic nitrogens is 2. The molecular formula is C36H20N2OS. The molecule has 0 unspecified atom stereocenters. The van der Waals surface area contributed by atoms with Crippen LogP contribution < -0.4 is 0 Å². The highest BCUT2D eigenvalue weighted by Gasteiger charge is 2.21. The Morgan fingerprint density at radius 1 is 0.500 bits per heavy atom. The summed E-state index contributed by atoms with van der Waals surface area (Å²) in [6, 6.07) is 42.3. The molecule has 0 bridgehead atoms. The van der Waals surface area contributed by atoms with Crippen LogP contribution in [0.2, 0.25) is 0 Å². The smallest absolute Gasteiger partial charge is 0.135 e. The molecule has 0 saturated heterocycles. The molecule has 3 heterocycles. The van der Waals surface area contributed by atoms with Gasteiger partial charge in [0.1, 0.15) is 11.2 Å². The van der Waals surface area contributed by atoms with Crippen LogP contribution in [0.25, 0.3) is 86.4 Å². The zero-order chi connectivity index (χ0) is 26.2. The normalized spacial score (nSPS) is 12.0. The maximum atomic E-state index is 6.15. The summed E-state index contributed by atoms with van der Waals surface area (Å²) in [6.45, 7) is 0. The number of benzene rings is 6. The largest absolute Gasteiger partial charge is 0.456 e. The molecule has 0 spiro atoms. The summed E-state index contributed by atoms with van der Waals surface area (Å²) in [4.78, 5) is 10.6. The van der Waals surface area contributed by atoms with Gasteiger partial charge in [0.2, 0.25) is 0 Å². The van der Waals surface area contributed by atoms with Crippen molar-refractivity contribution < 1.29 is 4.42 Å². The first kappa shape index (κ1) is 21.8. The molecule has 9 rings (SSSR count). The molecule has 0 fully saturated rings. The fraction of sp³-hybridized carbons (Fsp3) is 0. The van der Waals surface area contributed by atoms with Crippen molar-refractivity contribution in [2.45, 2.75) is 0 Å². The molecule has 0 N–H and O–H groups in total. The van der Waals surface area contributed by atoms with Crippen molar-refractivity contribution in [2.24, 2.45) is 0 Å². The summed E-state index contributed by atoms with van der Waals surface area (Å²) >= 11 is 1.83. The lowest BCUT2D eigenvalue weighted by molar-refractivity contribution is 0.669. The van der Waals surface area contributed by atoms with Gasteiger partial charge in [0.05, 0.1) is 22.4 Å². The van der Waals surface area contributed by atoms with Gasteiger partial charge in [0.15, 0.2) is 0 Å². The molecule has 0 aliphatic rings. The first-order chi connectivity index (χ1) is 19.8. The van der Waals surface area contributed by atoms with Crippen LogP contribution in [0.3, 0.4) is 0 Å². The predicted octanol–water partition coefficient (Wildman–Crippen LogP) is 10.4. The SMILES string of the molecule is c1ccc2c(-c3nc4ccccc4nc3-c3ccc4oc5ccccc5c4c3)c3c(cc2c1)sc1ccccc13. The van der Waals surface area contributed by atoms with Gasteiger partial charge >= 0.3 is 0 Å². The number of para-hydroxylation sites is 3. The molecule has 0 aliphatic carbocycles. The lowest BCUT2D eigenvalue weighted by Gasteiger charge is -2.15. The van der Waals surface area contributed by atoms with Gasteiger partial charge in [-0.05, 0) is 59.3 Å². The Bertz CT molecular complexity index is 2450. The second-order valence-corrected chi connectivity index (χ2v) is 11.2. The second kappa shape index (κ2) is 8.22. The molecule has 9 aromatic rings. The Morgan fingerprint density at radius 3 is 2.05 bits per heavy atom. The number of fused-ring (bicyclic) bond motifs is 8. The fourth-order valence-corrected chi connectivity index (χ4v) is 7.21. The molecule has 186 valence electrons. The van der Waals surface area contributed by atoms with Crippen LogP contribution in [0.4, 0.5) is 0 Å². The zero-order valence-electron chi connectivity index (χ0n) is 21.3. The first-order valence-corrected chi connectivity index (χ1v) is 14.2. The Hall–Kier alpha value is -5.06. The molecule has 0 atom stereocenters. The van der Waals surface area contributed by atoms with Gasteiger partial charge in [-0.2, -0.15) is 0 Å². The predicted molar refractivity (Wildman–Crippen MR) is 168 cm³/mol. The average molecular weight is 529 g/mol. The van der Waals surface area contributed by atoms with Crippen molar-refractivity contribution in [3.05, 3.63) is 121 Å². The Balaban J connectivity index is 1.46. The van der Waals surface area contributed by atoms with E-state index in [2.05, 4.69) is 91.0 Å². The quantitative estimate of drug-likeness (QED) is 0.224. The lowest BCUT2D eigenvalue weighted by atomic mass is 9.93. The van der Waals surface area contributed by atoms with Gasteiger partial charge in [0, 0.05) is 42.1 Å². The highest BCUT2D eigenvalue weighted by Crippen LogP contribution is 2.46. The second-order valence-electron chi connectivity index (χ2n) is 10.2. The minimum atomic E-state index is 0.872. The molecule has 4 heteroatoms. The van der Waals surface area contributed by atoms with Crippen LogP contribution in [0.1, 0.15) is 0 Å². The van der Waals surface area contributed by atoms with E-state index in [1.54, 1.807) is 0 Å². The molecule has 40 heavy (non-hydrogen) atoms. The minimum Gasteiger partial charge on any atom is -0.456 e. The van der Waals surface area contributed by atoms with Gasteiger partial charge in [-0.3, -0.25) is 0 Å². The van der Waals surface area contributed by atoms with E-state index in [0.717, 1.165) is 55.5 Å². The van der Waals surface area contributed by atoms with Gasteiger partial charge in [0.25, 0.3) is 0 Å². The number of thiophene rings is 1. The maximum Gasteiger partial charge on any atom is 0.135 e. The van der Waals surface area contributed by atoms with E-state index in [4.69, 9.17) is 14.4 Å². The van der Waals surface area contributed by atoms with E-state index in [9.17, 15) is 0 Å². The van der Waals surface area contributed by atoms with Crippen molar-refractivity contribution in [3.8, 4) is 22.5 Å². The molecule has 0 amide bonds.